The molecule has 3 aliphatic rings. The van der Waals surface area contributed by atoms with E-state index in [1.807, 2.05) is 12.1 Å². The van der Waals surface area contributed by atoms with Gasteiger partial charge >= 0.3 is 5.97 Å². The van der Waals surface area contributed by atoms with Gasteiger partial charge < -0.3 is 10.4 Å². The van der Waals surface area contributed by atoms with Crippen molar-refractivity contribution in [3.8, 4) is 0 Å². The SMILES string of the molecule is O=C(N[C@H]1C[C@H]1[C@H]1C[C@H]1C(=O)O)c1ccc(C2CCC2)nc1. The van der Waals surface area contributed by atoms with Crippen LogP contribution in [0.5, 0.6) is 0 Å². The predicted octanol–water partition coefficient (Wildman–Crippen LogP) is 2.19. The first kappa shape index (κ1) is 13.7. The molecule has 116 valence electrons. The van der Waals surface area contributed by atoms with Gasteiger partial charge in [0, 0.05) is 23.9 Å². The lowest BCUT2D eigenvalue weighted by Crippen LogP contribution is -2.27. The minimum Gasteiger partial charge on any atom is -0.481 e. The normalized spacial score (nSPS) is 32.9. The van der Waals surface area contributed by atoms with E-state index in [2.05, 4.69) is 10.3 Å². The van der Waals surface area contributed by atoms with E-state index < -0.39 is 5.97 Å². The van der Waals surface area contributed by atoms with Gasteiger partial charge in [-0.15, -0.1) is 0 Å². The minimum atomic E-state index is -0.697. The third-order valence-electron chi connectivity index (χ3n) is 5.44. The average molecular weight is 300 g/mol. The Bertz CT molecular complexity index is 609. The van der Waals surface area contributed by atoms with Crippen LogP contribution in [0.3, 0.4) is 0 Å². The molecule has 1 heterocycles. The van der Waals surface area contributed by atoms with Crippen molar-refractivity contribution in [2.45, 2.75) is 44.1 Å². The Morgan fingerprint density at radius 2 is 2.00 bits per heavy atom. The van der Waals surface area contributed by atoms with E-state index in [1.54, 1.807) is 6.20 Å². The van der Waals surface area contributed by atoms with E-state index in [0.29, 0.717) is 17.4 Å². The van der Waals surface area contributed by atoms with Crippen molar-refractivity contribution in [2.24, 2.45) is 17.8 Å². The first-order valence-electron chi connectivity index (χ1n) is 8.13. The number of aromatic nitrogens is 1. The number of rotatable bonds is 5. The van der Waals surface area contributed by atoms with Crippen LogP contribution in [0.4, 0.5) is 0 Å². The van der Waals surface area contributed by atoms with Crippen molar-refractivity contribution in [3.05, 3.63) is 29.6 Å². The molecule has 0 saturated heterocycles. The number of nitrogens with zero attached hydrogens (tertiary/aromatic N) is 1. The summed E-state index contributed by atoms with van der Waals surface area (Å²) in [6, 6.07) is 3.96. The van der Waals surface area contributed by atoms with Gasteiger partial charge in [0.1, 0.15) is 0 Å². The lowest BCUT2D eigenvalue weighted by atomic mass is 9.82. The fourth-order valence-electron chi connectivity index (χ4n) is 3.56. The third-order valence-corrected chi connectivity index (χ3v) is 5.44. The molecule has 0 aromatic carbocycles. The summed E-state index contributed by atoms with van der Waals surface area (Å²) in [7, 11) is 0. The van der Waals surface area contributed by atoms with E-state index >= 15 is 0 Å². The van der Waals surface area contributed by atoms with E-state index in [9.17, 15) is 9.59 Å². The summed E-state index contributed by atoms with van der Waals surface area (Å²) < 4.78 is 0. The Labute approximate surface area is 129 Å². The van der Waals surface area contributed by atoms with Crippen molar-refractivity contribution in [3.63, 3.8) is 0 Å². The molecule has 5 heteroatoms. The molecule has 0 spiro atoms. The van der Waals surface area contributed by atoms with Crippen LogP contribution in [0, 0.1) is 17.8 Å². The monoisotopic (exact) mass is 300 g/mol. The van der Waals surface area contributed by atoms with Crippen molar-refractivity contribution in [1.82, 2.24) is 10.3 Å². The van der Waals surface area contributed by atoms with E-state index in [0.717, 1.165) is 18.5 Å². The highest BCUT2D eigenvalue weighted by Crippen LogP contribution is 2.54. The van der Waals surface area contributed by atoms with Crippen LogP contribution in [-0.2, 0) is 4.79 Å². The van der Waals surface area contributed by atoms with E-state index in [-0.39, 0.29) is 23.8 Å². The summed E-state index contributed by atoms with van der Waals surface area (Å²) in [4.78, 5) is 27.5. The van der Waals surface area contributed by atoms with Gasteiger partial charge in [0.2, 0.25) is 0 Å². The van der Waals surface area contributed by atoms with Crippen molar-refractivity contribution in [1.29, 1.82) is 0 Å². The van der Waals surface area contributed by atoms with Crippen LogP contribution in [-0.4, -0.2) is 28.0 Å². The molecule has 0 aliphatic heterocycles. The van der Waals surface area contributed by atoms with Crippen LogP contribution in [0.2, 0.25) is 0 Å². The van der Waals surface area contributed by atoms with Crippen LogP contribution >= 0.6 is 0 Å². The molecule has 3 aliphatic carbocycles. The number of carboxylic acid groups (broad SMARTS) is 1. The number of aliphatic carboxylic acids is 1. The zero-order valence-electron chi connectivity index (χ0n) is 12.4. The summed E-state index contributed by atoms with van der Waals surface area (Å²) in [5.41, 5.74) is 1.69. The smallest absolute Gasteiger partial charge is 0.306 e. The molecule has 3 fully saturated rings. The van der Waals surface area contributed by atoms with Crippen LogP contribution < -0.4 is 5.32 Å². The molecule has 1 aromatic heterocycles. The van der Waals surface area contributed by atoms with Gasteiger partial charge in [0.25, 0.3) is 5.91 Å². The maximum Gasteiger partial charge on any atom is 0.306 e. The number of pyridine rings is 1. The second-order valence-electron chi connectivity index (χ2n) is 6.92. The Morgan fingerprint density at radius 1 is 1.18 bits per heavy atom. The number of carbonyl (C=O) groups excluding carboxylic acids is 1. The number of carbonyl (C=O) groups is 2. The summed E-state index contributed by atoms with van der Waals surface area (Å²) in [5, 5.41) is 12.0. The molecule has 5 nitrogen and oxygen atoms in total. The largest absolute Gasteiger partial charge is 0.481 e. The summed E-state index contributed by atoms with van der Waals surface area (Å²) in [6.07, 6.45) is 7.02. The molecule has 4 atom stereocenters. The molecule has 22 heavy (non-hydrogen) atoms. The lowest BCUT2D eigenvalue weighted by molar-refractivity contribution is -0.138. The highest BCUT2D eigenvalue weighted by atomic mass is 16.4. The zero-order valence-corrected chi connectivity index (χ0v) is 12.4. The Kier molecular flexibility index (Phi) is 3.17. The highest BCUT2D eigenvalue weighted by molar-refractivity contribution is 5.94. The molecule has 3 saturated carbocycles. The zero-order chi connectivity index (χ0) is 15.3. The van der Waals surface area contributed by atoms with Crippen LogP contribution in [0.1, 0.15) is 54.1 Å². The number of hydrogen-bond acceptors (Lipinski definition) is 3. The van der Waals surface area contributed by atoms with Crippen LogP contribution in [0.15, 0.2) is 18.3 Å². The van der Waals surface area contributed by atoms with Gasteiger partial charge in [-0.2, -0.15) is 0 Å². The molecule has 4 rings (SSSR count). The topological polar surface area (TPSA) is 79.3 Å². The summed E-state index contributed by atoms with van der Waals surface area (Å²) >= 11 is 0. The van der Waals surface area contributed by atoms with Crippen molar-refractivity contribution in [2.75, 3.05) is 0 Å². The first-order chi connectivity index (χ1) is 10.6. The second-order valence-corrected chi connectivity index (χ2v) is 6.92. The number of hydrogen-bond donors (Lipinski definition) is 2. The summed E-state index contributed by atoms with van der Waals surface area (Å²) in [6.45, 7) is 0. The molecule has 0 unspecified atom stereocenters. The van der Waals surface area contributed by atoms with Crippen molar-refractivity contribution >= 4 is 11.9 Å². The maximum atomic E-state index is 12.2. The van der Waals surface area contributed by atoms with Crippen molar-refractivity contribution < 1.29 is 14.7 Å². The lowest BCUT2D eigenvalue weighted by Gasteiger charge is -2.24. The predicted molar refractivity (Wildman–Crippen MR) is 79.4 cm³/mol. The standard InChI is InChI=1S/C17H20N2O3/c20-16(10-4-5-14(18-8-10)9-2-1-3-9)19-15-7-12(15)11-6-13(11)17(21)22/h4-5,8-9,11-13,15H,1-3,6-7H2,(H,19,20)(H,21,22)/t11-,12+,13-,15+/m1/s1. The molecular formula is C17H20N2O3. The molecule has 2 N–H and O–H groups in total. The maximum absolute atomic E-state index is 12.2. The Balaban J connectivity index is 1.30. The minimum absolute atomic E-state index is 0.0901. The molecule has 1 aromatic rings. The Hall–Kier alpha value is -1.91. The van der Waals surface area contributed by atoms with E-state index in [4.69, 9.17) is 5.11 Å². The Morgan fingerprint density at radius 3 is 2.55 bits per heavy atom. The molecule has 0 radical (unpaired) electrons. The van der Waals surface area contributed by atoms with Gasteiger partial charge in [-0.3, -0.25) is 14.6 Å². The first-order valence-corrected chi connectivity index (χ1v) is 8.13. The quantitative estimate of drug-likeness (QED) is 0.873. The van der Waals surface area contributed by atoms with Gasteiger partial charge in [0.15, 0.2) is 0 Å². The molecule has 1 amide bonds. The van der Waals surface area contributed by atoms with Crippen LogP contribution in [0.25, 0.3) is 0 Å². The molecule has 0 bridgehead atoms. The third kappa shape index (κ3) is 2.49. The molecular weight excluding hydrogens is 280 g/mol. The van der Waals surface area contributed by atoms with Gasteiger partial charge in [-0.1, -0.05) is 6.42 Å². The number of amides is 1. The number of nitrogens with one attached hydrogen (secondary N) is 1. The van der Waals surface area contributed by atoms with Gasteiger partial charge in [-0.25, -0.2) is 0 Å². The average Bonchev–Trinajstić information content (AvgIpc) is 3.30. The summed E-state index contributed by atoms with van der Waals surface area (Å²) in [5.74, 6) is 0.225. The fraction of sp³-hybridized carbons (Fsp3) is 0.588. The van der Waals surface area contributed by atoms with E-state index in [1.165, 1.54) is 19.3 Å². The highest BCUT2D eigenvalue weighted by Gasteiger charge is 2.56. The van der Waals surface area contributed by atoms with Gasteiger partial charge in [0.05, 0.1) is 11.5 Å². The fourth-order valence-corrected chi connectivity index (χ4v) is 3.56. The van der Waals surface area contributed by atoms with Gasteiger partial charge in [-0.05, 0) is 49.7 Å². The number of carboxylic acids is 1. The second kappa shape index (κ2) is 5.07.